The predicted molar refractivity (Wildman–Crippen MR) is 56.7 cm³/mol. The Labute approximate surface area is 80.8 Å². The van der Waals surface area contributed by atoms with Gasteiger partial charge in [-0.15, -0.1) is 0 Å². The number of nitrogens with zero attached hydrogens (tertiary/aromatic N) is 1. The van der Waals surface area contributed by atoms with Crippen molar-refractivity contribution < 1.29 is 0 Å². The number of hydrogen-bond acceptors (Lipinski definition) is 1. The molecule has 0 heterocycles. The molecule has 0 amide bonds. The number of nitrogens with one attached hydrogen (secondary N) is 1. The van der Waals surface area contributed by atoms with Crippen molar-refractivity contribution in [3.63, 3.8) is 0 Å². The molecular weight excluding hydrogens is 162 g/mol. The highest BCUT2D eigenvalue weighted by Crippen LogP contribution is 2.49. The molecule has 0 bridgehead atoms. The van der Waals surface area contributed by atoms with Crippen LogP contribution in [0.15, 0.2) is 4.99 Å². The second kappa shape index (κ2) is 4.49. The maximum Gasteiger partial charge on any atom is 0.188 e. The molecule has 0 radical (unpaired) electrons. The van der Waals surface area contributed by atoms with Crippen molar-refractivity contribution in [3.05, 3.63) is 0 Å². The third kappa shape index (κ3) is 3.25. The van der Waals surface area contributed by atoms with Crippen LogP contribution in [0, 0.1) is 5.41 Å². The summed E-state index contributed by atoms with van der Waals surface area (Å²) in [5.41, 5.74) is 6.18. The lowest BCUT2D eigenvalue weighted by molar-refractivity contribution is 0.472. The molecule has 3 nitrogen and oxygen atoms in total. The van der Waals surface area contributed by atoms with Crippen molar-refractivity contribution in [2.45, 2.75) is 39.5 Å². The summed E-state index contributed by atoms with van der Waals surface area (Å²) in [5.74, 6) is 0.602. The van der Waals surface area contributed by atoms with Gasteiger partial charge in [-0.3, -0.25) is 4.99 Å². The maximum atomic E-state index is 5.65. The van der Waals surface area contributed by atoms with Crippen LogP contribution in [0.5, 0.6) is 0 Å². The molecular formula is C10H21N3. The summed E-state index contributed by atoms with van der Waals surface area (Å²) >= 11 is 0. The normalized spacial score (nSPS) is 20.0. The summed E-state index contributed by atoms with van der Waals surface area (Å²) < 4.78 is 0. The van der Waals surface area contributed by atoms with Crippen LogP contribution >= 0.6 is 0 Å². The molecule has 0 aromatic carbocycles. The summed E-state index contributed by atoms with van der Waals surface area (Å²) in [6, 6.07) is 0. The SMILES string of the molecule is CCCC1(CN=C(N)NCC)CC1. The van der Waals surface area contributed by atoms with E-state index in [0.717, 1.165) is 13.1 Å². The highest BCUT2D eigenvalue weighted by molar-refractivity contribution is 5.77. The minimum absolute atomic E-state index is 0.523. The molecule has 0 saturated heterocycles. The molecule has 3 N–H and O–H groups in total. The van der Waals surface area contributed by atoms with Gasteiger partial charge >= 0.3 is 0 Å². The van der Waals surface area contributed by atoms with Gasteiger partial charge in [0.2, 0.25) is 0 Å². The number of guanidine groups is 1. The van der Waals surface area contributed by atoms with E-state index in [-0.39, 0.29) is 0 Å². The zero-order chi connectivity index (χ0) is 9.73. The summed E-state index contributed by atoms with van der Waals surface area (Å²) in [7, 11) is 0. The Morgan fingerprint density at radius 1 is 1.46 bits per heavy atom. The summed E-state index contributed by atoms with van der Waals surface area (Å²) in [6.07, 6.45) is 5.24. The fourth-order valence-electron chi connectivity index (χ4n) is 1.68. The molecule has 0 aliphatic heterocycles. The molecule has 0 aromatic rings. The molecule has 1 saturated carbocycles. The van der Waals surface area contributed by atoms with E-state index in [1.54, 1.807) is 0 Å². The largest absolute Gasteiger partial charge is 0.370 e. The fourth-order valence-corrected chi connectivity index (χ4v) is 1.68. The van der Waals surface area contributed by atoms with E-state index in [1.807, 2.05) is 6.92 Å². The minimum Gasteiger partial charge on any atom is -0.370 e. The summed E-state index contributed by atoms with van der Waals surface area (Å²) in [4.78, 5) is 4.35. The first kappa shape index (κ1) is 10.4. The molecule has 1 aliphatic carbocycles. The second-order valence-corrected chi connectivity index (χ2v) is 3.98. The molecule has 1 aliphatic rings. The Balaban J connectivity index is 2.28. The first-order valence-electron chi connectivity index (χ1n) is 5.26. The van der Waals surface area contributed by atoms with Crippen molar-refractivity contribution in [1.82, 2.24) is 5.32 Å². The first-order valence-corrected chi connectivity index (χ1v) is 5.26. The lowest BCUT2D eigenvalue weighted by Crippen LogP contribution is -2.32. The highest BCUT2D eigenvalue weighted by atomic mass is 15.1. The van der Waals surface area contributed by atoms with E-state index in [0.29, 0.717) is 11.4 Å². The average Bonchev–Trinajstić information content (AvgIpc) is 2.84. The Hall–Kier alpha value is -0.730. The molecule has 1 fully saturated rings. The van der Waals surface area contributed by atoms with E-state index in [2.05, 4.69) is 17.2 Å². The van der Waals surface area contributed by atoms with Crippen LogP contribution in [0.25, 0.3) is 0 Å². The molecule has 0 spiro atoms. The smallest absolute Gasteiger partial charge is 0.188 e. The number of hydrogen-bond donors (Lipinski definition) is 2. The lowest BCUT2D eigenvalue weighted by Gasteiger charge is -2.10. The van der Waals surface area contributed by atoms with Crippen molar-refractivity contribution in [3.8, 4) is 0 Å². The van der Waals surface area contributed by atoms with Gasteiger partial charge in [0.25, 0.3) is 0 Å². The Morgan fingerprint density at radius 2 is 2.15 bits per heavy atom. The highest BCUT2D eigenvalue weighted by Gasteiger charge is 2.41. The topological polar surface area (TPSA) is 50.4 Å². The third-order valence-electron chi connectivity index (χ3n) is 2.68. The van der Waals surface area contributed by atoms with Gasteiger partial charge in [0.15, 0.2) is 5.96 Å². The molecule has 0 aromatic heterocycles. The summed E-state index contributed by atoms with van der Waals surface area (Å²) in [5, 5.41) is 3.02. The Kier molecular flexibility index (Phi) is 3.58. The molecule has 0 unspecified atom stereocenters. The number of aliphatic imine (C=N–C) groups is 1. The summed E-state index contributed by atoms with van der Waals surface area (Å²) in [6.45, 7) is 6.04. The van der Waals surface area contributed by atoms with E-state index in [9.17, 15) is 0 Å². The van der Waals surface area contributed by atoms with E-state index >= 15 is 0 Å². The Bertz CT molecular complexity index is 183. The van der Waals surface area contributed by atoms with Crippen LogP contribution in [0.2, 0.25) is 0 Å². The third-order valence-corrected chi connectivity index (χ3v) is 2.68. The quantitative estimate of drug-likeness (QED) is 0.501. The van der Waals surface area contributed by atoms with Crippen LogP contribution in [0.1, 0.15) is 39.5 Å². The zero-order valence-electron chi connectivity index (χ0n) is 8.77. The molecule has 13 heavy (non-hydrogen) atoms. The molecule has 3 heteroatoms. The van der Waals surface area contributed by atoms with Crippen molar-refractivity contribution in [2.24, 2.45) is 16.1 Å². The average molecular weight is 183 g/mol. The van der Waals surface area contributed by atoms with Gasteiger partial charge in [0, 0.05) is 13.1 Å². The van der Waals surface area contributed by atoms with E-state index in [1.165, 1.54) is 25.7 Å². The lowest BCUT2D eigenvalue weighted by atomic mass is 10.0. The standard InChI is InChI=1S/C10H21N3/c1-3-5-10(6-7-10)8-13-9(11)12-4-2/h3-8H2,1-2H3,(H3,11,12,13). The number of nitrogens with two attached hydrogens (primary N) is 1. The zero-order valence-corrected chi connectivity index (χ0v) is 8.77. The molecule has 1 rings (SSSR count). The fraction of sp³-hybridized carbons (Fsp3) is 0.900. The van der Waals surface area contributed by atoms with E-state index in [4.69, 9.17) is 5.73 Å². The van der Waals surface area contributed by atoms with Gasteiger partial charge in [-0.25, -0.2) is 0 Å². The van der Waals surface area contributed by atoms with Crippen LogP contribution < -0.4 is 11.1 Å². The van der Waals surface area contributed by atoms with Crippen molar-refractivity contribution >= 4 is 5.96 Å². The van der Waals surface area contributed by atoms with Crippen LogP contribution in [0.3, 0.4) is 0 Å². The number of rotatable bonds is 5. The van der Waals surface area contributed by atoms with Crippen LogP contribution in [0.4, 0.5) is 0 Å². The maximum absolute atomic E-state index is 5.65. The molecule has 76 valence electrons. The Morgan fingerprint density at radius 3 is 2.62 bits per heavy atom. The van der Waals surface area contributed by atoms with Gasteiger partial charge in [0.05, 0.1) is 0 Å². The van der Waals surface area contributed by atoms with Gasteiger partial charge < -0.3 is 11.1 Å². The van der Waals surface area contributed by atoms with E-state index < -0.39 is 0 Å². The van der Waals surface area contributed by atoms with Crippen LogP contribution in [-0.4, -0.2) is 19.0 Å². The van der Waals surface area contributed by atoms with Gasteiger partial charge in [-0.05, 0) is 31.6 Å². The monoisotopic (exact) mass is 183 g/mol. The second-order valence-electron chi connectivity index (χ2n) is 3.98. The van der Waals surface area contributed by atoms with Gasteiger partial charge in [-0.2, -0.15) is 0 Å². The predicted octanol–water partition coefficient (Wildman–Crippen LogP) is 1.49. The molecule has 0 atom stereocenters. The van der Waals surface area contributed by atoms with Crippen LogP contribution in [-0.2, 0) is 0 Å². The van der Waals surface area contributed by atoms with Crippen molar-refractivity contribution in [1.29, 1.82) is 0 Å². The first-order chi connectivity index (χ1) is 6.22. The minimum atomic E-state index is 0.523. The van der Waals surface area contributed by atoms with Gasteiger partial charge in [0.1, 0.15) is 0 Å². The van der Waals surface area contributed by atoms with Crippen molar-refractivity contribution in [2.75, 3.05) is 13.1 Å². The van der Waals surface area contributed by atoms with Gasteiger partial charge in [-0.1, -0.05) is 13.3 Å².